The highest BCUT2D eigenvalue weighted by molar-refractivity contribution is 5.93. The molecule has 0 saturated carbocycles. The van der Waals surface area contributed by atoms with Gasteiger partial charge < -0.3 is 14.3 Å². The lowest BCUT2D eigenvalue weighted by Gasteiger charge is -2.16. The van der Waals surface area contributed by atoms with Crippen molar-refractivity contribution in [1.82, 2.24) is 14.9 Å². The summed E-state index contributed by atoms with van der Waals surface area (Å²) in [7, 11) is 0. The number of nitrogens with one attached hydrogen (secondary N) is 1. The summed E-state index contributed by atoms with van der Waals surface area (Å²) in [5.41, 5.74) is 0.806. The van der Waals surface area contributed by atoms with Crippen molar-refractivity contribution < 1.29 is 18.1 Å². The molecule has 3 heterocycles. The Hall–Kier alpha value is -4.01. The summed E-state index contributed by atoms with van der Waals surface area (Å²) in [6.45, 7) is 3.25. The SMILES string of the molecule is Cc1cc(-c2cc(=O)n([C@H](C)C(=O)Nc3ccccc3F)nc2-c2ccco2)on1. The number of hydrogen-bond acceptors (Lipinski definition) is 6. The molecule has 1 amide bonds. The Bertz CT molecular complexity index is 1260. The first-order chi connectivity index (χ1) is 14.4. The van der Waals surface area contributed by atoms with Gasteiger partial charge in [-0.1, -0.05) is 17.3 Å². The van der Waals surface area contributed by atoms with Crippen LogP contribution in [0.15, 0.2) is 68.5 Å². The molecule has 8 nitrogen and oxygen atoms in total. The molecule has 1 N–H and O–H groups in total. The lowest BCUT2D eigenvalue weighted by atomic mass is 10.1. The summed E-state index contributed by atoms with van der Waals surface area (Å²) in [5, 5.41) is 10.7. The van der Waals surface area contributed by atoms with Gasteiger partial charge in [0, 0.05) is 12.1 Å². The Morgan fingerprint density at radius 3 is 2.63 bits per heavy atom. The summed E-state index contributed by atoms with van der Waals surface area (Å²) in [5.74, 6) is -0.442. The highest BCUT2D eigenvalue weighted by Gasteiger charge is 2.23. The second kappa shape index (κ2) is 7.78. The zero-order valence-electron chi connectivity index (χ0n) is 16.1. The monoisotopic (exact) mass is 408 g/mol. The van der Waals surface area contributed by atoms with Crippen LogP contribution in [0, 0.1) is 12.7 Å². The van der Waals surface area contributed by atoms with Crippen molar-refractivity contribution in [2.45, 2.75) is 19.9 Å². The van der Waals surface area contributed by atoms with Crippen LogP contribution in [0.3, 0.4) is 0 Å². The predicted molar refractivity (Wildman–Crippen MR) is 106 cm³/mol. The number of carbonyl (C=O) groups is 1. The molecule has 0 fully saturated rings. The van der Waals surface area contributed by atoms with Gasteiger partial charge in [-0.25, -0.2) is 9.07 Å². The fourth-order valence-electron chi connectivity index (χ4n) is 2.93. The Labute approximate surface area is 169 Å². The van der Waals surface area contributed by atoms with Crippen molar-refractivity contribution in [3.63, 3.8) is 0 Å². The lowest BCUT2D eigenvalue weighted by molar-refractivity contribution is -0.119. The van der Waals surface area contributed by atoms with Crippen LogP contribution in [0.2, 0.25) is 0 Å². The van der Waals surface area contributed by atoms with Gasteiger partial charge in [0.2, 0.25) is 5.91 Å². The van der Waals surface area contributed by atoms with Crippen LogP contribution in [0.25, 0.3) is 22.8 Å². The zero-order valence-corrected chi connectivity index (χ0v) is 16.1. The number of aromatic nitrogens is 3. The van der Waals surface area contributed by atoms with E-state index in [0.29, 0.717) is 28.5 Å². The minimum absolute atomic E-state index is 0.0161. The fraction of sp³-hybridized carbons (Fsp3) is 0.143. The van der Waals surface area contributed by atoms with Crippen molar-refractivity contribution in [2.24, 2.45) is 0 Å². The minimum Gasteiger partial charge on any atom is -0.463 e. The maximum absolute atomic E-state index is 13.9. The van der Waals surface area contributed by atoms with Gasteiger partial charge >= 0.3 is 0 Å². The van der Waals surface area contributed by atoms with Crippen molar-refractivity contribution in [1.29, 1.82) is 0 Å². The fourth-order valence-corrected chi connectivity index (χ4v) is 2.93. The number of amides is 1. The van der Waals surface area contributed by atoms with Gasteiger partial charge in [-0.15, -0.1) is 0 Å². The number of aryl methyl sites for hydroxylation is 1. The molecular weight excluding hydrogens is 391 g/mol. The standard InChI is InChI=1S/C21H17FN4O4/c1-12-10-18(30-25-12)14-11-19(27)26(24-20(14)17-8-5-9-29-17)13(2)21(28)23-16-7-4-3-6-15(16)22/h3-11,13H,1-2H3,(H,23,28)/t13-/m1/s1. The highest BCUT2D eigenvalue weighted by atomic mass is 19.1. The number of halogens is 1. The molecule has 3 aromatic heterocycles. The number of hydrogen-bond donors (Lipinski definition) is 1. The van der Waals surface area contributed by atoms with Crippen molar-refractivity contribution in [2.75, 3.05) is 5.32 Å². The Morgan fingerprint density at radius 1 is 1.17 bits per heavy atom. The van der Waals surface area contributed by atoms with Crippen molar-refractivity contribution in [3.8, 4) is 22.8 Å². The Morgan fingerprint density at radius 2 is 1.97 bits per heavy atom. The number of furan rings is 1. The number of para-hydroxylation sites is 1. The van der Waals surface area contributed by atoms with E-state index >= 15 is 0 Å². The first-order valence-corrected chi connectivity index (χ1v) is 9.11. The van der Waals surface area contributed by atoms with Gasteiger partial charge in [0.15, 0.2) is 11.5 Å². The molecule has 4 rings (SSSR count). The summed E-state index contributed by atoms with van der Waals surface area (Å²) >= 11 is 0. The van der Waals surface area contributed by atoms with Crippen LogP contribution in [-0.2, 0) is 4.79 Å². The molecule has 0 spiro atoms. The average molecular weight is 408 g/mol. The van der Waals surface area contributed by atoms with Crippen LogP contribution in [0.1, 0.15) is 18.7 Å². The Balaban J connectivity index is 1.75. The molecule has 0 aliphatic heterocycles. The average Bonchev–Trinajstić information content (AvgIpc) is 3.41. The van der Waals surface area contributed by atoms with Crippen LogP contribution in [0.5, 0.6) is 0 Å². The third kappa shape index (κ3) is 3.64. The molecule has 0 bridgehead atoms. The number of rotatable bonds is 5. The van der Waals surface area contributed by atoms with E-state index in [-0.39, 0.29) is 5.69 Å². The quantitative estimate of drug-likeness (QED) is 0.539. The van der Waals surface area contributed by atoms with Crippen molar-refractivity contribution in [3.05, 3.63) is 76.7 Å². The first-order valence-electron chi connectivity index (χ1n) is 9.11. The van der Waals surface area contributed by atoms with Crippen molar-refractivity contribution >= 4 is 11.6 Å². The van der Waals surface area contributed by atoms with Crippen LogP contribution < -0.4 is 10.9 Å². The van der Waals surface area contributed by atoms with Gasteiger partial charge in [-0.2, -0.15) is 5.10 Å². The second-order valence-electron chi connectivity index (χ2n) is 6.64. The summed E-state index contributed by atoms with van der Waals surface area (Å²) < 4.78 is 25.6. The lowest BCUT2D eigenvalue weighted by Crippen LogP contribution is -2.33. The number of benzene rings is 1. The summed E-state index contributed by atoms with van der Waals surface area (Å²) in [6.07, 6.45) is 1.47. The van der Waals surface area contributed by atoms with Gasteiger partial charge in [-0.05, 0) is 38.1 Å². The third-order valence-electron chi connectivity index (χ3n) is 4.48. The van der Waals surface area contributed by atoms with E-state index in [4.69, 9.17) is 8.94 Å². The zero-order chi connectivity index (χ0) is 21.3. The van der Waals surface area contributed by atoms with E-state index in [1.165, 1.54) is 37.5 Å². The van der Waals surface area contributed by atoms with Crippen LogP contribution in [0.4, 0.5) is 10.1 Å². The summed E-state index contributed by atoms with van der Waals surface area (Å²) in [6, 6.07) is 11.1. The van der Waals surface area contributed by atoms with Gasteiger partial charge in [0.25, 0.3) is 5.56 Å². The van der Waals surface area contributed by atoms with E-state index in [2.05, 4.69) is 15.6 Å². The molecule has 0 radical (unpaired) electrons. The third-order valence-corrected chi connectivity index (χ3v) is 4.48. The minimum atomic E-state index is -1.02. The van der Waals surface area contributed by atoms with E-state index in [1.807, 2.05) is 0 Å². The summed E-state index contributed by atoms with van der Waals surface area (Å²) in [4.78, 5) is 25.4. The second-order valence-corrected chi connectivity index (χ2v) is 6.64. The molecule has 0 unspecified atom stereocenters. The van der Waals surface area contributed by atoms with E-state index < -0.39 is 23.3 Å². The van der Waals surface area contributed by atoms with Gasteiger partial charge in [-0.3, -0.25) is 9.59 Å². The van der Waals surface area contributed by atoms with Gasteiger partial charge in [0.1, 0.15) is 17.6 Å². The molecule has 1 atom stereocenters. The largest absolute Gasteiger partial charge is 0.463 e. The van der Waals surface area contributed by atoms with E-state index in [1.54, 1.807) is 31.2 Å². The molecule has 1 aromatic carbocycles. The molecule has 9 heteroatoms. The predicted octanol–water partition coefficient (Wildman–Crippen LogP) is 3.81. The molecule has 0 aliphatic rings. The normalized spacial score (nSPS) is 12.0. The number of carbonyl (C=O) groups excluding carboxylic acids is 1. The van der Waals surface area contributed by atoms with E-state index in [0.717, 1.165) is 4.68 Å². The van der Waals surface area contributed by atoms with Crippen LogP contribution in [-0.4, -0.2) is 20.8 Å². The molecule has 0 aliphatic carbocycles. The van der Waals surface area contributed by atoms with Gasteiger partial charge in [0.05, 0.1) is 23.2 Å². The van der Waals surface area contributed by atoms with E-state index in [9.17, 15) is 14.0 Å². The number of anilines is 1. The topological polar surface area (TPSA) is 103 Å². The molecule has 4 aromatic rings. The molecular formula is C21H17FN4O4. The Kier molecular flexibility index (Phi) is 5.01. The molecule has 30 heavy (non-hydrogen) atoms. The molecule has 0 saturated heterocycles. The highest BCUT2D eigenvalue weighted by Crippen LogP contribution is 2.30. The van der Waals surface area contributed by atoms with Crippen LogP contribution >= 0.6 is 0 Å². The maximum Gasteiger partial charge on any atom is 0.268 e. The maximum atomic E-state index is 13.9. The first kappa shape index (κ1) is 19.3. The smallest absolute Gasteiger partial charge is 0.268 e. The number of nitrogens with zero attached hydrogens (tertiary/aromatic N) is 3. The molecule has 152 valence electrons.